The van der Waals surface area contributed by atoms with Crippen molar-refractivity contribution in [1.82, 2.24) is 9.78 Å². The molecule has 5 nitrogen and oxygen atoms in total. The fourth-order valence-electron chi connectivity index (χ4n) is 2.34. The van der Waals surface area contributed by atoms with Crippen LogP contribution >= 0.6 is 0 Å². The number of aromatic nitrogens is 2. The molecule has 23 heavy (non-hydrogen) atoms. The van der Waals surface area contributed by atoms with Gasteiger partial charge >= 0.3 is 0 Å². The lowest BCUT2D eigenvalue weighted by Crippen LogP contribution is -2.12. The molecule has 1 heterocycles. The Kier molecular flexibility index (Phi) is 4.10. The summed E-state index contributed by atoms with van der Waals surface area (Å²) >= 11 is 0. The number of hydrogen-bond donors (Lipinski definition) is 2. The number of carbonyl (C=O) groups is 1. The maximum atomic E-state index is 12.2. The van der Waals surface area contributed by atoms with Gasteiger partial charge in [-0.15, -0.1) is 0 Å². The van der Waals surface area contributed by atoms with Gasteiger partial charge in [0.2, 0.25) is 0 Å². The van der Waals surface area contributed by atoms with E-state index in [2.05, 4.69) is 10.4 Å². The lowest BCUT2D eigenvalue weighted by Gasteiger charge is -2.07. The molecule has 3 aromatic rings. The van der Waals surface area contributed by atoms with Crippen molar-refractivity contribution in [3.63, 3.8) is 0 Å². The van der Waals surface area contributed by atoms with Crippen LogP contribution in [0, 0.1) is 6.92 Å². The topological polar surface area (TPSA) is 67.2 Å². The summed E-state index contributed by atoms with van der Waals surface area (Å²) in [7, 11) is 0. The second-order valence-electron chi connectivity index (χ2n) is 5.29. The fourth-order valence-corrected chi connectivity index (χ4v) is 2.34. The van der Waals surface area contributed by atoms with E-state index in [0.717, 1.165) is 11.3 Å². The standard InChI is InChI=1S/C18H17N3O2/c1-13-17(20-18(23)15-7-3-2-4-8-15)11-19-21(13)12-14-6-5-9-16(22)10-14/h2-11,22H,12H2,1H3,(H,20,23). The van der Waals surface area contributed by atoms with Crippen molar-refractivity contribution < 1.29 is 9.90 Å². The first-order chi connectivity index (χ1) is 11.1. The van der Waals surface area contributed by atoms with Gasteiger partial charge in [-0.2, -0.15) is 5.10 Å². The molecular weight excluding hydrogens is 290 g/mol. The Morgan fingerprint density at radius 1 is 1.17 bits per heavy atom. The third kappa shape index (κ3) is 3.40. The first kappa shape index (κ1) is 14.8. The van der Waals surface area contributed by atoms with E-state index < -0.39 is 0 Å². The molecule has 0 bridgehead atoms. The van der Waals surface area contributed by atoms with E-state index in [0.29, 0.717) is 17.8 Å². The number of phenolic OH excluding ortho intramolecular Hbond substituents is 1. The number of rotatable bonds is 4. The third-order valence-electron chi connectivity index (χ3n) is 3.63. The smallest absolute Gasteiger partial charge is 0.255 e. The first-order valence-electron chi connectivity index (χ1n) is 7.30. The van der Waals surface area contributed by atoms with Crippen molar-refractivity contribution in [2.45, 2.75) is 13.5 Å². The monoisotopic (exact) mass is 307 g/mol. The molecule has 0 aliphatic carbocycles. The predicted octanol–water partition coefficient (Wildman–Crippen LogP) is 3.20. The molecule has 0 fully saturated rings. The molecule has 116 valence electrons. The Hall–Kier alpha value is -3.08. The van der Waals surface area contributed by atoms with Crippen LogP contribution in [0.2, 0.25) is 0 Å². The number of amides is 1. The maximum Gasteiger partial charge on any atom is 0.255 e. The average molecular weight is 307 g/mol. The molecule has 2 aromatic carbocycles. The highest BCUT2D eigenvalue weighted by molar-refractivity contribution is 6.04. The van der Waals surface area contributed by atoms with Gasteiger partial charge in [0.25, 0.3) is 5.91 Å². The number of nitrogens with zero attached hydrogens (tertiary/aromatic N) is 2. The Bertz CT molecular complexity index is 825. The predicted molar refractivity (Wildman–Crippen MR) is 88.6 cm³/mol. The molecule has 2 N–H and O–H groups in total. The van der Waals surface area contributed by atoms with E-state index in [1.165, 1.54) is 0 Å². The highest BCUT2D eigenvalue weighted by atomic mass is 16.3. The molecule has 0 aliphatic heterocycles. The number of phenols is 1. The van der Waals surface area contributed by atoms with E-state index in [-0.39, 0.29) is 11.7 Å². The van der Waals surface area contributed by atoms with Crippen LogP contribution in [0.1, 0.15) is 21.6 Å². The van der Waals surface area contributed by atoms with Crippen LogP contribution in [0.4, 0.5) is 5.69 Å². The highest BCUT2D eigenvalue weighted by Gasteiger charge is 2.11. The van der Waals surface area contributed by atoms with E-state index in [4.69, 9.17) is 0 Å². The van der Waals surface area contributed by atoms with E-state index in [1.54, 1.807) is 41.2 Å². The van der Waals surface area contributed by atoms with Gasteiger partial charge in [0.1, 0.15) is 5.75 Å². The lowest BCUT2D eigenvalue weighted by molar-refractivity contribution is 0.102. The van der Waals surface area contributed by atoms with Gasteiger partial charge in [-0.05, 0) is 36.8 Å². The van der Waals surface area contributed by atoms with Gasteiger partial charge < -0.3 is 10.4 Å². The van der Waals surface area contributed by atoms with Crippen LogP contribution in [-0.4, -0.2) is 20.8 Å². The summed E-state index contributed by atoms with van der Waals surface area (Å²) < 4.78 is 1.79. The van der Waals surface area contributed by atoms with Crippen LogP contribution in [0.25, 0.3) is 0 Å². The number of carbonyl (C=O) groups excluding carboxylic acids is 1. The maximum absolute atomic E-state index is 12.2. The van der Waals surface area contributed by atoms with Gasteiger partial charge in [0.05, 0.1) is 24.1 Å². The van der Waals surface area contributed by atoms with Crippen LogP contribution in [0.15, 0.2) is 60.8 Å². The molecule has 0 spiro atoms. The summed E-state index contributed by atoms with van der Waals surface area (Å²) in [5, 5.41) is 16.7. The Morgan fingerprint density at radius 3 is 2.70 bits per heavy atom. The second-order valence-corrected chi connectivity index (χ2v) is 5.29. The zero-order valence-electron chi connectivity index (χ0n) is 12.7. The zero-order chi connectivity index (χ0) is 16.2. The summed E-state index contributed by atoms with van der Waals surface area (Å²) in [5.41, 5.74) is 3.08. The lowest BCUT2D eigenvalue weighted by atomic mass is 10.2. The Morgan fingerprint density at radius 2 is 1.96 bits per heavy atom. The molecule has 1 aromatic heterocycles. The molecule has 5 heteroatoms. The minimum atomic E-state index is -0.161. The third-order valence-corrected chi connectivity index (χ3v) is 3.63. The van der Waals surface area contributed by atoms with Crippen molar-refractivity contribution in [2.75, 3.05) is 5.32 Å². The molecule has 0 aliphatic rings. The summed E-state index contributed by atoms with van der Waals surface area (Å²) in [6, 6.07) is 16.1. The van der Waals surface area contributed by atoms with E-state index in [1.807, 2.05) is 31.2 Å². The number of benzene rings is 2. The first-order valence-corrected chi connectivity index (χ1v) is 7.30. The minimum absolute atomic E-state index is 0.161. The van der Waals surface area contributed by atoms with Gasteiger partial charge in [0.15, 0.2) is 0 Å². The van der Waals surface area contributed by atoms with Crippen LogP contribution < -0.4 is 5.32 Å². The van der Waals surface area contributed by atoms with Crippen molar-refractivity contribution in [1.29, 1.82) is 0 Å². The van der Waals surface area contributed by atoms with E-state index >= 15 is 0 Å². The summed E-state index contributed by atoms with van der Waals surface area (Å²) in [4.78, 5) is 12.2. The number of anilines is 1. The number of aromatic hydroxyl groups is 1. The zero-order valence-corrected chi connectivity index (χ0v) is 12.7. The van der Waals surface area contributed by atoms with E-state index in [9.17, 15) is 9.90 Å². The molecule has 0 unspecified atom stereocenters. The van der Waals surface area contributed by atoms with Crippen molar-refractivity contribution in [3.05, 3.63) is 77.6 Å². The normalized spacial score (nSPS) is 10.5. The second kappa shape index (κ2) is 6.36. The van der Waals surface area contributed by atoms with Crippen molar-refractivity contribution >= 4 is 11.6 Å². The molecule has 0 saturated carbocycles. The average Bonchev–Trinajstić information content (AvgIpc) is 2.89. The quantitative estimate of drug-likeness (QED) is 0.778. The molecule has 0 radical (unpaired) electrons. The molecular formula is C18H17N3O2. The number of nitrogens with one attached hydrogen (secondary N) is 1. The Labute approximate surface area is 134 Å². The largest absolute Gasteiger partial charge is 0.508 e. The Balaban J connectivity index is 1.76. The highest BCUT2D eigenvalue weighted by Crippen LogP contribution is 2.18. The van der Waals surface area contributed by atoms with Gasteiger partial charge in [-0.25, -0.2) is 0 Å². The van der Waals surface area contributed by atoms with Gasteiger partial charge in [0, 0.05) is 5.56 Å². The van der Waals surface area contributed by atoms with Gasteiger partial charge in [-0.3, -0.25) is 9.48 Å². The van der Waals surface area contributed by atoms with Crippen LogP contribution in [0.5, 0.6) is 5.75 Å². The molecule has 3 rings (SSSR count). The summed E-state index contributed by atoms with van der Waals surface area (Å²) in [5.74, 6) is 0.0653. The summed E-state index contributed by atoms with van der Waals surface area (Å²) in [6.07, 6.45) is 1.64. The summed E-state index contributed by atoms with van der Waals surface area (Å²) in [6.45, 7) is 2.43. The molecule has 0 saturated heterocycles. The molecule has 0 atom stereocenters. The minimum Gasteiger partial charge on any atom is -0.508 e. The van der Waals surface area contributed by atoms with Crippen LogP contribution in [-0.2, 0) is 6.54 Å². The number of hydrogen-bond acceptors (Lipinski definition) is 3. The van der Waals surface area contributed by atoms with Crippen LogP contribution in [0.3, 0.4) is 0 Å². The molecule has 1 amide bonds. The van der Waals surface area contributed by atoms with Crippen molar-refractivity contribution in [2.24, 2.45) is 0 Å². The van der Waals surface area contributed by atoms with Crippen molar-refractivity contribution in [3.8, 4) is 5.75 Å². The SMILES string of the molecule is Cc1c(NC(=O)c2ccccc2)cnn1Cc1cccc(O)c1. The fraction of sp³-hybridized carbons (Fsp3) is 0.111. The van der Waals surface area contributed by atoms with Gasteiger partial charge in [-0.1, -0.05) is 30.3 Å².